The second-order valence-electron chi connectivity index (χ2n) is 3.51. The second kappa shape index (κ2) is 5.97. The van der Waals surface area contributed by atoms with Crippen LogP contribution in [0.2, 0.25) is 0 Å². The molecule has 3 N–H and O–H groups in total. The van der Waals surface area contributed by atoms with Crippen molar-refractivity contribution in [3.8, 4) is 5.75 Å². The molecule has 2 heterocycles. The Labute approximate surface area is 117 Å². The normalized spacial score (nSPS) is 12.6. The van der Waals surface area contributed by atoms with Gasteiger partial charge in [-0.05, 0) is 33.4 Å². The van der Waals surface area contributed by atoms with Gasteiger partial charge in [-0.3, -0.25) is 11.3 Å². The summed E-state index contributed by atoms with van der Waals surface area (Å²) in [7, 11) is 1.68. The van der Waals surface area contributed by atoms with Crippen molar-refractivity contribution in [3.63, 3.8) is 0 Å². The zero-order valence-electron chi connectivity index (χ0n) is 9.27. The van der Waals surface area contributed by atoms with Gasteiger partial charge in [0.25, 0.3) is 0 Å². The van der Waals surface area contributed by atoms with Crippen molar-refractivity contribution in [1.82, 2.24) is 5.43 Å². The van der Waals surface area contributed by atoms with E-state index in [0.717, 1.165) is 21.5 Å². The summed E-state index contributed by atoms with van der Waals surface area (Å²) in [6, 6.07) is 4.18. The molecule has 0 fully saturated rings. The molecule has 0 saturated carbocycles. The van der Waals surface area contributed by atoms with Crippen molar-refractivity contribution in [2.24, 2.45) is 5.84 Å². The number of ether oxygens (including phenoxy) is 1. The highest BCUT2D eigenvalue weighted by Gasteiger charge is 2.17. The Morgan fingerprint density at radius 1 is 1.53 bits per heavy atom. The Bertz CT molecular complexity index is 483. The largest absolute Gasteiger partial charge is 0.496 e. The third-order valence-corrected chi connectivity index (χ3v) is 5.15. The van der Waals surface area contributed by atoms with E-state index in [-0.39, 0.29) is 6.04 Å². The van der Waals surface area contributed by atoms with E-state index in [9.17, 15) is 0 Å². The molecule has 2 aromatic heterocycles. The monoisotopic (exact) mass is 332 g/mol. The SMILES string of the molecule is COc1ccsc1C(Cc1cc(Br)cs1)NN. The highest BCUT2D eigenvalue weighted by Crippen LogP contribution is 2.33. The molecule has 0 bridgehead atoms. The van der Waals surface area contributed by atoms with E-state index in [1.807, 2.05) is 11.4 Å². The first-order chi connectivity index (χ1) is 8.24. The second-order valence-corrected chi connectivity index (χ2v) is 6.37. The number of nitrogens with one attached hydrogen (secondary N) is 1. The summed E-state index contributed by atoms with van der Waals surface area (Å²) in [6.07, 6.45) is 0.865. The maximum absolute atomic E-state index is 5.64. The third kappa shape index (κ3) is 3.08. The molecule has 0 aliphatic rings. The number of hydrazine groups is 1. The first kappa shape index (κ1) is 13.0. The Kier molecular flexibility index (Phi) is 4.58. The summed E-state index contributed by atoms with van der Waals surface area (Å²) in [5.74, 6) is 6.53. The van der Waals surface area contributed by atoms with Crippen molar-refractivity contribution in [1.29, 1.82) is 0 Å². The van der Waals surface area contributed by atoms with E-state index >= 15 is 0 Å². The maximum atomic E-state index is 5.64. The average molecular weight is 333 g/mol. The van der Waals surface area contributed by atoms with Crippen molar-refractivity contribution in [2.75, 3.05) is 7.11 Å². The molecule has 1 atom stereocenters. The van der Waals surface area contributed by atoms with Gasteiger partial charge in [0.05, 0.1) is 18.0 Å². The molecule has 0 amide bonds. The van der Waals surface area contributed by atoms with E-state index in [0.29, 0.717) is 0 Å². The lowest BCUT2D eigenvalue weighted by molar-refractivity contribution is 0.403. The quantitative estimate of drug-likeness (QED) is 0.652. The van der Waals surface area contributed by atoms with Gasteiger partial charge in [0.15, 0.2) is 0 Å². The van der Waals surface area contributed by atoms with Crippen molar-refractivity contribution in [3.05, 3.63) is 37.1 Å². The summed E-state index contributed by atoms with van der Waals surface area (Å²) in [5.41, 5.74) is 2.86. The Morgan fingerprint density at radius 2 is 2.35 bits per heavy atom. The van der Waals surface area contributed by atoms with Crippen LogP contribution in [0.5, 0.6) is 5.75 Å². The van der Waals surface area contributed by atoms with Crippen LogP contribution in [0.15, 0.2) is 27.4 Å². The van der Waals surface area contributed by atoms with Gasteiger partial charge < -0.3 is 4.74 Å². The highest BCUT2D eigenvalue weighted by atomic mass is 79.9. The first-order valence-corrected chi connectivity index (χ1v) is 7.60. The van der Waals surface area contributed by atoms with Crippen LogP contribution in [-0.2, 0) is 6.42 Å². The summed E-state index contributed by atoms with van der Waals surface area (Å²) in [6.45, 7) is 0. The Balaban J connectivity index is 2.16. The molecule has 92 valence electrons. The molecule has 2 aromatic rings. The number of hydrogen-bond acceptors (Lipinski definition) is 5. The number of thiophene rings is 2. The molecule has 0 saturated heterocycles. The topological polar surface area (TPSA) is 47.3 Å². The van der Waals surface area contributed by atoms with Crippen LogP contribution in [0.3, 0.4) is 0 Å². The first-order valence-electron chi connectivity index (χ1n) is 5.05. The molecule has 17 heavy (non-hydrogen) atoms. The Morgan fingerprint density at radius 3 is 2.94 bits per heavy atom. The number of hydrogen-bond donors (Lipinski definition) is 2. The van der Waals surface area contributed by atoms with Gasteiger partial charge in [-0.25, -0.2) is 0 Å². The lowest BCUT2D eigenvalue weighted by Crippen LogP contribution is -2.29. The van der Waals surface area contributed by atoms with E-state index in [4.69, 9.17) is 10.6 Å². The van der Waals surface area contributed by atoms with Gasteiger partial charge >= 0.3 is 0 Å². The molecule has 2 rings (SSSR count). The predicted octanol–water partition coefficient (Wildman–Crippen LogP) is 3.33. The van der Waals surface area contributed by atoms with Crippen molar-refractivity contribution >= 4 is 38.6 Å². The number of halogens is 1. The third-order valence-electron chi connectivity index (χ3n) is 2.42. The minimum atomic E-state index is 0.0931. The molecule has 0 aliphatic heterocycles. The summed E-state index contributed by atoms with van der Waals surface area (Å²) >= 11 is 6.84. The zero-order valence-corrected chi connectivity index (χ0v) is 12.5. The summed E-state index contributed by atoms with van der Waals surface area (Å²) < 4.78 is 6.44. The van der Waals surface area contributed by atoms with Gasteiger partial charge in [0, 0.05) is 21.2 Å². The molecular weight excluding hydrogens is 320 g/mol. The van der Waals surface area contributed by atoms with E-state index in [1.165, 1.54) is 4.88 Å². The number of methoxy groups -OCH3 is 1. The fourth-order valence-corrected chi connectivity index (χ4v) is 4.04. The van der Waals surface area contributed by atoms with Gasteiger partial charge in [-0.2, -0.15) is 0 Å². The minimum absolute atomic E-state index is 0.0931. The molecule has 0 aliphatic carbocycles. The van der Waals surface area contributed by atoms with Gasteiger partial charge in [0.2, 0.25) is 0 Å². The molecule has 0 radical (unpaired) electrons. The van der Waals surface area contributed by atoms with Crippen LogP contribution in [0.1, 0.15) is 15.8 Å². The number of nitrogens with two attached hydrogens (primary N) is 1. The van der Waals surface area contributed by atoms with Gasteiger partial charge in [0.1, 0.15) is 5.75 Å². The van der Waals surface area contributed by atoms with Crippen LogP contribution in [0.4, 0.5) is 0 Å². The lowest BCUT2D eigenvalue weighted by atomic mass is 10.1. The number of rotatable bonds is 5. The van der Waals surface area contributed by atoms with Crippen LogP contribution in [-0.4, -0.2) is 7.11 Å². The predicted molar refractivity (Wildman–Crippen MR) is 76.7 cm³/mol. The standard InChI is InChI=1S/C11H13BrN2OS2/c1-15-10-2-3-16-11(10)9(14-13)5-8-4-7(12)6-17-8/h2-4,6,9,14H,5,13H2,1H3. The molecule has 0 spiro atoms. The van der Waals surface area contributed by atoms with Crippen LogP contribution in [0.25, 0.3) is 0 Å². The lowest BCUT2D eigenvalue weighted by Gasteiger charge is -2.14. The Hall–Kier alpha value is -0.400. The summed E-state index contributed by atoms with van der Waals surface area (Å²) in [4.78, 5) is 2.43. The molecule has 6 heteroatoms. The fraction of sp³-hybridized carbons (Fsp3) is 0.273. The fourth-order valence-electron chi connectivity index (χ4n) is 1.62. The van der Waals surface area contributed by atoms with E-state index in [2.05, 4.69) is 32.8 Å². The smallest absolute Gasteiger partial charge is 0.134 e. The van der Waals surface area contributed by atoms with Crippen LogP contribution < -0.4 is 16.0 Å². The van der Waals surface area contributed by atoms with Crippen LogP contribution in [0, 0.1) is 0 Å². The molecule has 3 nitrogen and oxygen atoms in total. The maximum Gasteiger partial charge on any atom is 0.134 e. The van der Waals surface area contributed by atoms with Gasteiger partial charge in [-0.15, -0.1) is 22.7 Å². The molecule has 0 aromatic carbocycles. The van der Waals surface area contributed by atoms with Crippen molar-refractivity contribution in [2.45, 2.75) is 12.5 Å². The van der Waals surface area contributed by atoms with Crippen LogP contribution >= 0.6 is 38.6 Å². The van der Waals surface area contributed by atoms with Gasteiger partial charge in [-0.1, -0.05) is 0 Å². The summed E-state index contributed by atoms with van der Waals surface area (Å²) in [5, 5.41) is 4.09. The van der Waals surface area contributed by atoms with E-state index < -0.39 is 0 Å². The molecule has 1 unspecified atom stereocenters. The van der Waals surface area contributed by atoms with Crippen molar-refractivity contribution < 1.29 is 4.74 Å². The minimum Gasteiger partial charge on any atom is -0.496 e. The highest BCUT2D eigenvalue weighted by molar-refractivity contribution is 9.10. The average Bonchev–Trinajstić information content (AvgIpc) is 2.94. The zero-order chi connectivity index (χ0) is 12.3. The van der Waals surface area contributed by atoms with E-state index in [1.54, 1.807) is 29.8 Å². The molecular formula is C11H13BrN2OS2.